The first-order valence-electron chi connectivity index (χ1n) is 5.68. The number of carbonyl (C=O) groups is 1. The second kappa shape index (κ2) is 4.65. The van der Waals surface area contributed by atoms with Gasteiger partial charge in [0.05, 0.1) is 18.1 Å². The van der Waals surface area contributed by atoms with Gasteiger partial charge in [-0.05, 0) is 19.8 Å². The van der Waals surface area contributed by atoms with E-state index < -0.39 is 0 Å². The smallest absolute Gasteiger partial charge is 0.236 e. The molecule has 1 aromatic heterocycles. The molecule has 88 valence electrons. The molecular weight excluding hydrogens is 204 g/mol. The molecule has 1 amide bonds. The van der Waals surface area contributed by atoms with Crippen molar-refractivity contribution in [2.75, 3.05) is 7.05 Å². The maximum atomic E-state index is 11.3. The Bertz CT molecular complexity index is 370. The van der Waals surface area contributed by atoms with E-state index in [1.807, 2.05) is 19.4 Å². The zero-order valence-electron chi connectivity index (χ0n) is 9.73. The molecule has 0 aliphatic heterocycles. The Morgan fingerprint density at radius 1 is 1.69 bits per heavy atom. The second-order valence-electron chi connectivity index (χ2n) is 4.24. The monoisotopic (exact) mass is 222 g/mol. The maximum absolute atomic E-state index is 11.3. The summed E-state index contributed by atoms with van der Waals surface area (Å²) in [7, 11) is 1.65. The van der Waals surface area contributed by atoms with E-state index >= 15 is 0 Å². The third kappa shape index (κ3) is 2.41. The average Bonchev–Trinajstić information content (AvgIpc) is 3.04. The third-order valence-electron chi connectivity index (χ3n) is 2.92. The lowest BCUT2D eigenvalue weighted by Gasteiger charge is -2.13. The van der Waals surface area contributed by atoms with Crippen molar-refractivity contribution in [3.63, 3.8) is 0 Å². The second-order valence-corrected chi connectivity index (χ2v) is 4.24. The van der Waals surface area contributed by atoms with Crippen LogP contribution in [-0.2, 0) is 11.3 Å². The lowest BCUT2D eigenvalue weighted by atomic mass is 10.3. The van der Waals surface area contributed by atoms with Crippen LogP contribution >= 0.6 is 0 Å². The van der Waals surface area contributed by atoms with Gasteiger partial charge in [-0.3, -0.25) is 4.79 Å². The predicted molar refractivity (Wildman–Crippen MR) is 60.9 cm³/mol. The van der Waals surface area contributed by atoms with Gasteiger partial charge in [0.1, 0.15) is 0 Å². The van der Waals surface area contributed by atoms with Crippen LogP contribution in [0.2, 0.25) is 0 Å². The number of hydrogen-bond donors (Lipinski definition) is 2. The molecule has 0 saturated heterocycles. The standard InChI is InChI=1S/C11H18N4O/c1-8(11(16)12-2)14-6-10-5-13-7-15(10)9-3-4-9/h5,7-9,14H,3-4,6H2,1-2H3,(H,12,16). The molecule has 2 rings (SSSR count). The summed E-state index contributed by atoms with van der Waals surface area (Å²) < 4.78 is 2.20. The molecule has 0 aromatic carbocycles. The van der Waals surface area contributed by atoms with Crippen molar-refractivity contribution >= 4 is 5.91 Å². The van der Waals surface area contributed by atoms with Crippen LogP contribution in [0.1, 0.15) is 31.5 Å². The van der Waals surface area contributed by atoms with Crippen molar-refractivity contribution in [1.82, 2.24) is 20.2 Å². The number of amides is 1. The summed E-state index contributed by atoms with van der Waals surface area (Å²) in [6, 6.07) is 0.460. The van der Waals surface area contributed by atoms with Gasteiger partial charge in [0.15, 0.2) is 0 Å². The zero-order valence-corrected chi connectivity index (χ0v) is 9.73. The summed E-state index contributed by atoms with van der Waals surface area (Å²) >= 11 is 0. The Morgan fingerprint density at radius 2 is 2.44 bits per heavy atom. The quantitative estimate of drug-likeness (QED) is 0.760. The minimum absolute atomic E-state index is 0.0116. The van der Waals surface area contributed by atoms with Gasteiger partial charge in [-0.1, -0.05) is 0 Å². The Labute approximate surface area is 95.2 Å². The molecule has 1 saturated carbocycles. The van der Waals surface area contributed by atoms with Crippen molar-refractivity contribution in [3.8, 4) is 0 Å². The highest BCUT2D eigenvalue weighted by molar-refractivity contribution is 5.80. The van der Waals surface area contributed by atoms with Crippen LogP contribution in [-0.4, -0.2) is 28.5 Å². The summed E-state index contributed by atoms with van der Waals surface area (Å²) in [6.45, 7) is 2.54. The van der Waals surface area contributed by atoms with Crippen LogP contribution in [0.5, 0.6) is 0 Å². The lowest BCUT2D eigenvalue weighted by Crippen LogP contribution is -2.40. The van der Waals surface area contributed by atoms with Gasteiger partial charge in [-0.25, -0.2) is 4.98 Å². The molecule has 1 aliphatic carbocycles. The van der Waals surface area contributed by atoms with Crippen molar-refractivity contribution in [2.24, 2.45) is 0 Å². The minimum atomic E-state index is -0.174. The molecule has 2 N–H and O–H groups in total. The van der Waals surface area contributed by atoms with E-state index in [0.29, 0.717) is 12.6 Å². The van der Waals surface area contributed by atoms with Crippen LogP contribution in [0.3, 0.4) is 0 Å². The molecule has 1 heterocycles. The first kappa shape index (κ1) is 11.1. The predicted octanol–water partition coefficient (Wildman–Crippen LogP) is 0.442. The van der Waals surface area contributed by atoms with E-state index in [4.69, 9.17) is 0 Å². The van der Waals surface area contributed by atoms with Gasteiger partial charge < -0.3 is 15.2 Å². The van der Waals surface area contributed by atoms with Crippen LogP contribution in [0.25, 0.3) is 0 Å². The highest BCUT2D eigenvalue weighted by Crippen LogP contribution is 2.35. The van der Waals surface area contributed by atoms with Gasteiger partial charge in [-0.15, -0.1) is 0 Å². The largest absolute Gasteiger partial charge is 0.358 e. The number of nitrogens with zero attached hydrogens (tertiary/aromatic N) is 2. The van der Waals surface area contributed by atoms with E-state index in [-0.39, 0.29) is 11.9 Å². The number of imidazole rings is 1. The maximum Gasteiger partial charge on any atom is 0.236 e. The van der Waals surface area contributed by atoms with Gasteiger partial charge in [0.2, 0.25) is 5.91 Å². The van der Waals surface area contributed by atoms with E-state index in [0.717, 1.165) is 5.69 Å². The minimum Gasteiger partial charge on any atom is -0.358 e. The summed E-state index contributed by atoms with van der Waals surface area (Å²) in [5.74, 6) is 0.0116. The Hall–Kier alpha value is -1.36. The van der Waals surface area contributed by atoms with Crippen molar-refractivity contribution in [1.29, 1.82) is 0 Å². The molecule has 16 heavy (non-hydrogen) atoms. The third-order valence-corrected chi connectivity index (χ3v) is 2.92. The zero-order chi connectivity index (χ0) is 11.5. The van der Waals surface area contributed by atoms with E-state index in [1.54, 1.807) is 7.05 Å². The number of aromatic nitrogens is 2. The molecule has 5 nitrogen and oxygen atoms in total. The van der Waals surface area contributed by atoms with Gasteiger partial charge >= 0.3 is 0 Å². The first-order valence-corrected chi connectivity index (χ1v) is 5.68. The molecule has 0 spiro atoms. The van der Waals surface area contributed by atoms with Gasteiger partial charge in [0, 0.05) is 25.8 Å². The number of likely N-dealkylation sites (N-methyl/N-ethyl adjacent to an activating group) is 1. The van der Waals surface area contributed by atoms with E-state index in [1.165, 1.54) is 12.8 Å². The fourth-order valence-electron chi connectivity index (χ4n) is 1.72. The Kier molecular flexibility index (Phi) is 3.24. The summed E-state index contributed by atoms with van der Waals surface area (Å²) in [5.41, 5.74) is 1.15. The summed E-state index contributed by atoms with van der Waals surface area (Å²) in [5, 5.41) is 5.81. The topological polar surface area (TPSA) is 59.0 Å². The molecule has 1 unspecified atom stereocenters. The molecule has 1 atom stereocenters. The Balaban J connectivity index is 1.89. The van der Waals surface area contributed by atoms with Crippen molar-refractivity contribution in [3.05, 3.63) is 18.2 Å². The Morgan fingerprint density at radius 3 is 3.06 bits per heavy atom. The molecule has 0 bridgehead atoms. The fourth-order valence-corrected chi connectivity index (χ4v) is 1.72. The lowest BCUT2D eigenvalue weighted by molar-refractivity contribution is -0.122. The molecule has 5 heteroatoms. The summed E-state index contributed by atoms with van der Waals surface area (Å²) in [4.78, 5) is 15.5. The number of hydrogen-bond acceptors (Lipinski definition) is 3. The molecule has 0 radical (unpaired) electrons. The average molecular weight is 222 g/mol. The van der Waals surface area contributed by atoms with Crippen molar-refractivity contribution < 1.29 is 4.79 Å². The molecule has 1 aromatic rings. The van der Waals surface area contributed by atoms with E-state index in [9.17, 15) is 4.79 Å². The number of rotatable bonds is 5. The van der Waals surface area contributed by atoms with E-state index in [2.05, 4.69) is 20.2 Å². The number of nitrogens with one attached hydrogen (secondary N) is 2. The molecule has 1 aliphatic rings. The molecular formula is C11H18N4O. The van der Waals surface area contributed by atoms with Crippen LogP contribution < -0.4 is 10.6 Å². The normalized spacial score (nSPS) is 17.1. The highest BCUT2D eigenvalue weighted by Gasteiger charge is 2.25. The first-order chi connectivity index (χ1) is 7.72. The van der Waals surface area contributed by atoms with Crippen LogP contribution in [0.4, 0.5) is 0 Å². The van der Waals surface area contributed by atoms with Crippen LogP contribution in [0, 0.1) is 0 Å². The van der Waals surface area contributed by atoms with Crippen LogP contribution in [0.15, 0.2) is 12.5 Å². The van der Waals surface area contributed by atoms with Gasteiger partial charge in [-0.2, -0.15) is 0 Å². The highest BCUT2D eigenvalue weighted by atomic mass is 16.2. The van der Waals surface area contributed by atoms with Crippen molar-refractivity contribution in [2.45, 2.75) is 38.4 Å². The SMILES string of the molecule is CNC(=O)C(C)NCc1cncn1C1CC1. The summed E-state index contributed by atoms with van der Waals surface area (Å²) in [6.07, 6.45) is 6.23. The number of carbonyl (C=O) groups excluding carboxylic acids is 1. The van der Waals surface area contributed by atoms with Gasteiger partial charge in [0.25, 0.3) is 0 Å². The fraction of sp³-hybridized carbons (Fsp3) is 0.636. The molecule has 1 fully saturated rings.